The zero-order valence-electron chi connectivity index (χ0n) is 8.91. The second-order valence-corrected chi connectivity index (χ2v) is 4.46. The molecule has 1 aromatic rings. The highest BCUT2D eigenvalue weighted by atomic mass is 32.2. The lowest BCUT2D eigenvalue weighted by Crippen LogP contribution is -2.07. The average Bonchev–Trinajstić information content (AvgIpc) is 2.16. The second-order valence-electron chi connectivity index (χ2n) is 3.40. The van der Waals surface area contributed by atoms with Gasteiger partial charge in [-0.3, -0.25) is 0 Å². The number of nitrogens with two attached hydrogens (primary N) is 1. The fourth-order valence-electron chi connectivity index (χ4n) is 1.07. The lowest BCUT2D eigenvalue weighted by Gasteiger charge is -2.10. The van der Waals surface area contributed by atoms with Gasteiger partial charge < -0.3 is 10.5 Å². The molecule has 1 unspecified atom stereocenters. The number of hydrogen-bond acceptors (Lipinski definition) is 3. The maximum absolute atomic E-state index is 5.89. The van der Waals surface area contributed by atoms with E-state index in [2.05, 4.69) is 19.1 Å². The Morgan fingerprint density at radius 3 is 2.79 bits per heavy atom. The number of benzene rings is 1. The molecule has 1 atom stereocenters. The minimum absolute atomic E-state index is 0.265. The van der Waals surface area contributed by atoms with Crippen molar-refractivity contribution >= 4 is 17.4 Å². The summed E-state index contributed by atoms with van der Waals surface area (Å²) in [5.41, 5.74) is 7.95. The van der Waals surface area contributed by atoms with E-state index in [4.69, 9.17) is 10.5 Å². The minimum Gasteiger partial charge on any atom is -0.398 e. The predicted molar refractivity (Wildman–Crippen MR) is 62.8 cm³/mol. The topological polar surface area (TPSA) is 35.2 Å². The number of methoxy groups -OCH3 is 1. The SMILES string of the molecule is COC(C)CSc1ccc(C)cc1N. The highest BCUT2D eigenvalue weighted by molar-refractivity contribution is 7.99. The molecule has 78 valence electrons. The van der Waals surface area contributed by atoms with Crippen molar-refractivity contribution in [2.24, 2.45) is 0 Å². The van der Waals surface area contributed by atoms with Crippen LogP contribution in [0, 0.1) is 6.92 Å². The Balaban J connectivity index is 2.59. The molecule has 1 rings (SSSR count). The third-order valence-electron chi connectivity index (χ3n) is 2.04. The van der Waals surface area contributed by atoms with Crippen molar-refractivity contribution in [2.45, 2.75) is 24.8 Å². The van der Waals surface area contributed by atoms with E-state index in [0.717, 1.165) is 16.3 Å². The van der Waals surface area contributed by atoms with Crippen molar-refractivity contribution in [3.8, 4) is 0 Å². The third-order valence-corrected chi connectivity index (χ3v) is 3.36. The molecular weight excluding hydrogens is 194 g/mol. The van der Waals surface area contributed by atoms with E-state index >= 15 is 0 Å². The Morgan fingerprint density at radius 2 is 2.21 bits per heavy atom. The maximum Gasteiger partial charge on any atom is 0.0637 e. The smallest absolute Gasteiger partial charge is 0.0637 e. The molecule has 14 heavy (non-hydrogen) atoms. The largest absolute Gasteiger partial charge is 0.398 e. The van der Waals surface area contributed by atoms with Crippen LogP contribution in [0.5, 0.6) is 0 Å². The fraction of sp³-hybridized carbons (Fsp3) is 0.455. The molecule has 0 saturated carbocycles. The molecule has 0 aliphatic carbocycles. The molecule has 2 nitrogen and oxygen atoms in total. The minimum atomic E-state index is 0.265. The summed E-state index contributed by atoms with van der Waals surface area (Å²) in [5, 5.41) is 0. The van der Waals surface area contributed by atoms with E-state index < -0.39 is 0 Å². The van der Waals surface area contributed by atoms with Crippen LogP contribution in [0.3, 0.4) is 0 Å². The number of rotatable bonds is 4. The summed E-state index contributed by atoms with van der Waals surface area (Å²) in [6, 6.07) is 6.15. The van der Waals surface area contributed by atoms with Crippen molar-refractivity contribution in [1.82, 2.24) is 0 Å². The average molecular weight is 211 g/mol. The van der Waals surface area contributed by atoms with Gasteiger partial charge in [-0.05, 0) is 31.5 Å². The van der Waals surface area contributed by atoms with Gasteiger partial charge in [0, 0.05) is 23.4 Å². The van der Waals surface area contributed by atoms with E-state index in [9.17, 15) is 0 Å². The molecule has 3 heteroatoms. The Morgan fingerprint density at radius 1 is 1.50 bits per heavy atom. The fourth-order valence-corrected chi connectivity index (χ4v) is 2.01. The van der Waals surface area contributed by atoms with Crippen LogP contribution in [0.2, 0.25) is 0 Å². The molecule has 0 aliphatic rings. The quantitative estimate of drug-likeness (QED) is 0.614. The van der Waals surface area contributed by atoms with Gasteiger partial charge in [-0.25, -0.2) is 0 Å². The molecule has 0 spiro atoms. The van der Waals surface area contributed by atoms with Gasteiger partial charge in [0.25, 0.3) is 0 Å². The molecule has 0 aromatic heterocycles. The van der Waals surface area contributed by atoms with E-state index in [1.165, 1.54) is 5.56 Å². The lowest BCUT2D eigenvalue weighted by molar-refractivity contribution is 0.138. The van der Waals surface area contributed by atoms with E-state index in [0.29, 0.717) is 0 Å². The number of aryl methyl sites for hydroxylation is 1. The highest BCUT2D eigenvalue weighted by Gasteiger charge is 2.03. The number of hydrogen-bond donors (Lipinski definition) is 1. The first-order valence-corrected chi connectivity index (χ1v) is 5.63. The van der Waals surface area contributed by atoms with Gasteiger partial charge in [-0.15, -0.1) is 11.8 Å². The first kappa shape index (κ1) is 11.4. The third kappa shape index (κ3) is 3.24. The Hall–Kier alpha value is -0.670. The van der Waals surface area contributed by atoms with Crippen LogP contribution in [0.1, 0.15) is 12.5 Å². The van der Waals surface area contributed by atoms with Crippen molar-refractivity contribution in [2.75, 3.05) is 18.6 Å². The van der Waals surface area contributed by atoms with Crippen LogP contribution in [0.4, 0.5) is 5.69 Å². The Labute approximate surface area is 89.8 Å². The molecule has 0 heterocycles. The van der Waals surface area contributed by atoms with Crippen LogP contribution in [0.15, 0.2) is 23.1 Å². The molecule has 0 aliphatic heterocycles. The monoisotopic (exact) mass is 211 g/mol. The Bertz CT molecular complexity index is 301. The summed E-state index contributed by atoms with van der Waals surface area (Å²) in [7, 11) is 1.73. The molecule has 1 aromatic carbocycles. The van der Waals surface area contributed by atoms with Gasteiger partial charge in [-0.1, -0.05) is 6.07 Å². The normalized spacial score (nSPS) is 12.8. The second kappa shape index (κ2) is 5.27. The summed E-state index contributed by atoms with van der Waals surface area (Å²) in [5.74, 6) is 0.934. The Kier molecular flexibility index (Phi) is 4.29. The van der Waals surface area contributed by atoms with E-state index in [-0.39, 0.29) is 6.10 Å². The zero-order chi connectivity index (χ0) is 10.6. The highest BCUT2D eigenvalue weighted by Crippen LogP contribution is 2.26. The van der Waals surface area contributed by atoms with E-state index in [1.54, 1.807) is 18.9 Å². The molecule has 0 saturated heterocycles. The van der Waals surface area contributed by atoms with E-state index in [1.807, 2.05) is 13.0 Å². The van der Waals surface area contributed by atoms with Crippen LogP contribution >= 0.6 is 11.8 Å². The van der Waals surface area contributed by atoms with Gasteiger partial charge in [-0.2, -0.15) is 0 Å². The number of ether oxygens (including phenoxy) is 1. The van der Waals surface area contributed by atoms with Gasteiger partial charge in [0.2, 0.25) is 0 Å². The predicted octanol–water partition coefficient (Wildman–Crippen LogP) is 2.70. The standard InChI is InChI=1S/C11H17NOS/c1-8-4-5-11(10(12)6-8)14-7-9(2)13-3/h4-6,9H,7,12H2,1-3H3. The van der Waals surface area contributed by atoms with Crippen LogP contribution in [0.25, 0.3) is 0 Å². The van der Waals surface area contributed by atoms with Crippen molar-refractivity contribution < 1.29 is 4.74 Å². The number of nitrogen functional groups attached to an aromatic ring is 1. The maximum atomic E-state index is 5.89. The molecule has 0 radical (unpaired) electrons. The number of thioether (sulfide) groups is 1. The summed E-state index contributed by atoms with van der Waals surface area (Å²) in [6.07, 6.45) is 0.265. The molecule has 0 amide bonds. The first-order valence-electron chi connectivity index (χ1n) is 4.65. The summed E-state index contributed by atoms with van der Waals surface area (Å²) < 4.78 is 5.17. The van der Waals surface area contributed by atoms with Crippen molar-refractivity contribution in [3.63, 3.8) is 0 Å². The lowest BCUT2D eigenvalue weighted by atomic mass is 10.2. The molecular formula is C11H17NOS. The van der Waals surface area contributed by atoms with Crippen molar-refractivity contribution in [3.05, 3.63) is 23.8 Å². The number of anilines is 1. The first-order chi connectivity index (χ1) is 6.63. The summed E-state index contributed by atoms with van der Waals surface area (Å²) in [6.45, 7) is 4.10. The molecule has 0 fully saturated rings. The van der Waals surface area contributed by atoms with Crippen molar-refractivity contribution in [1.29, 1.82) is 0 Å². The molecule has 2 N–H and O–H groups in total. The van der Waals surface area contributed by atoms with Gasteiger partial charge >= 0.3 is 0 Å². The van der Waals surface area contributed by atoms with Gasteiger partial charge in [0.05, 0.1) is 6.10 Å². The van der Waals surface area contributed by atoms with Crippen LogP contribution < -0.4 is 5.73 Å². The summed E-state index contributed by atoms with van der Waals surface area (Å²) in [4.78, 5) is 1.14. The van der Waals surface area contributed by atoms with Crippen LogP contribution in [-0.2, 0) is 4.74 Å². The van der Waals surface area contributed by atoms with Gasteiger partial charge in [0.1, 0.15) is 0 Å². The van der Waals surface area contributed by atoms with Crippen LogP contribution in [-0.4, -0.2) is 19.0 Å². The zero-order valence-corrected chi connectivity index (χ0v) is 9.73. The van der Waals surface area contributed by atoms with Gasteiger partial charge in [0.15, 0.2) is 0 Å². The molecule has 0 bridgehead atoms. The summed E-state index contributed by atoms with van der Waals surface area (Å²) >= 11 is 1.74.